The first-order valence-corrected chi connectivity index (χ1v) is 10.1. The van der Waals surface area contributed by atoms with Crippen LogP contribution >= 0.6 is 0 Å². The van der Waals surface area contributed by atoms with Crippen LogP contribution in [0.15, 0.2) is 48.5 Å². The maximum Gasteiger partial charge on any atom is 0.354 e. The van der Waals surface area contributed by atoms with Crippen LogP contribution in [-0.4, -0.2) is 39.4 Å². The third kappa shape index (κ3) is 3.76. The van der Waals surface area contributed by atoms with Gasteiger partial charge in [0.05, 0.1) is 11.6 Å². The standard InChI is InChI=1S/C24H26N2O4/c1-14-11-19(23(28)29)26-18-12-17-20(13-16(14)18)30-24(2,3)22(27)21(17)25-10-9-15-7-5-4-6-8-15/h4-8,11-13,21-22,25,27H,9-10H2,1-3H3,(H,28,29). The largest absolute Gasteiger partial charge is 0.485 e. The molecule has 6 heteroatoms. The number of carbonyl (C=O) groups is 1. The van der Waals surface area contributed by atoms with Gasteiger partial charge in [0.25, 0.3) is 0 Å². The Kier molecular flexibility index (Phi) is 5.22. The van der Waals surface area contributed by atoms with Gasteiger partial charge in [0.15, 0.2) is 0 Å². The molecule has 2 unspecified atom stereocenters. The molecule has 2 heterocycles. The maximum absolute atomic E-state index is 11.4. The molecule has 0 saturated heterocycles. The van der Waals surface area contributed by atoms with Crippen molar-refractivity contribution in [2.75, 3.05) is 6.54 Å². The third-order valence-electron chi connectivity index (χ3n) is 5.72. The number of carboxylic acid groups (broad SMARTS) is 1. The van der Waals surface area contributed by atoms with Gasteiger partial charge in [-0.05, 0) is 63.1 Å². The summed E-state index contributed by atoms with van der Waals surface area (Å²) in [5, 5.41) is 24.7. The maximum atomic E-state index is 11.4. The monoisotopic (exact) mass is 406 g/mol. The molecular weight excluding hydrogens is 380 g/mol. The van der Waals surface area contributed by atoms with Crippen molar-refractivity contribution in [1.82, 2.24) is 10.3 Å². The summed E-state index contributed by atoms with van der Waals surface area (Å²) in [5.41, 5.74) is 2.64. The van der Waals surface area contributed by atoms with Crippen molar-refractivity contribution in [1.29, 1.82) is 0 Å². The van der Waals surface area contributed by atoms with Gasteiger partial charge in [0, 0.05) is 10.9 Å². The second kappa shape index (κ2) is 7.70. The minimum atomic E-state index is -1.06. The number of hydrogen-bond acceptors (Lipinski definition) is 5. The van der Waals surface area contributed by atoms with E-state index in [2.05, 4.69) is 22.4 Å². The zero-order chi connectivity index (χ0) is 21.5. The average Bonchev–Trinajstić information content (AvgIpc) is 2.70. The van der Waals surface area contributed by atoms with Crippen LogP contribution in [0.5, 0.6) is 5.75 Å². The Morgan fingerprint density at radius 2 is 1.93 bits per heavy atom. The molecule has 3 N–H and O–H groups in total. The molecule has 0 bridgehead atoms. The first-order chi connectivity index (χ1) is 14.3. The molecular formula is C24H26N2O4. The SMILES string of the molecule is Cc1cc(C(=O)O)nc2cc3c(cc12)OC(C)(C)C(O)C3NCCc1ccccc1. The Labute approximate surface area is 175 Å². The highest BCUT2D eigenvalue weighted by Gasteiger charge is 2.43. The molecule has 2 aromatic carbocycles. The van der Waals surface area contributed by atoms with E-state index in [1.165, 1.54) is 5.56 Å². The van der Waals surface area contributed by atoms with E-state index in [9.17, 15) is 15.0 Å². The van der Waals surface area contributed by atoms with Crippen molar-refractivity contribution < 1.29 is 19.7 Å². The summed E-state index contributed by atoms with van der Waals surface area (Å²) in [6.45, 7) is 6.28. The fourth-order valence-electron chi connectivity index (χ4n) is 4.03. The Hall–Kier alpha value is -2.96. The Morgan fingerprint density at radius 3 is 2.63 bits per heavy atom. The van der Waals surface area contributed by atoms with E-state index in [0.717, 1.165) is 22.9 Å². The summed E-state index contributed by atoms with van der Waals surface area (Å²) < 4.78 is 6.13. The molecule has 0 fully saturated rings. The number of aliphatic hydroxyl groups is 1. The Bertz CT molecular complexity index is 1100. The van der Waals surface area contributed by atoms with Gasteiger partial charge in [-0.25, -0.2) is 9.78 Å². The van der Waals surface area contributed by atoms with Gasteiger partial charge in [0.2, 0.25) is 0 Å². The lowest BCUT2D eigenvalue weighted by Gasteiger charge is -2.42. The minimum Gasteiger partial charge on any atom is -0.485 e. The Morgan fingerprint density at radius 1 is 1.20 bits per heavy atom. The van der Waals surface area contributed by atoms with E-state index < -0.39 is 17.7 Å². The summed E-state index contributed by atoms with van der Waals surface area (Å²) in [6, 6.07) is 15.1. The van der Waals surface area contributed by atoms with Crippen molar-refractivity contribution in [3.8, 4) is 5.75 Å². The highest BCUT2D eigenvalue weighted by Crippen LogP contribution is 2.42. The molecule has 0 amide bonds. The third-order valence-corrected chi connectivity index (χ3v) is 5.72. The van der Waals surface area contributed by atoms with Crippen molar-refractivity contribution >= 4 is 16.9 Å². The number of nitrogens with zero attached hydrogens (tertiary/aromatic N) is 1. The Balaban J connectivity index is 1.71. The number of hydrogen-bond donors (Lipinski definition) is 3. The number of aryl methyl sites for hydroxylation is 1. The highest BCUT2D eigenvalue weighted by molar-refractivity contribution is 5.92. The average molecular weight is 406 g/mol. The predicted octanol–water partition coefficient (Wildman–Crippen LogP) is 3.65. The summed E-state index contributed by atoms with van der Waals surface area (Å²) in [4.78, 5) is 15.7. The summed E-state index contributed by atoms with van der Waals surface area (Å²) in [7, 11) is 0. The van der Waals surface area contributed by atoms with Gasteiger partial charge in [-0.15, -0.1) is 0 Å². The molecule has 0 saturated carbocycles. The van der Waals surface area contributed by atoms with E-state index in [-0.39, 0.29) is 11.7 Å². The van der Waals surface area contributed by atoms with Crippen LogP contribution in [0, 0.1) is 6.92 Å². The van der Waals surface area contributed by atoms with Crippen molar-refractivity contribution in [2.24, 2.45) is 0 Å². The van der Waals surface area contributed by atoms with Crippen LogP contribution in [0.3, 0.4) is 0 Å². The molecule has 4 rings (SSSR count). The molecule has 6 nitrogen and oxygen atoms in total. The van der Waals surface area contributed by atoms with Crippen LogP contribution in [0.25, 0.3) is 10.9 Å². The summed E-state index contributed by atoms with van der Waals surface area (Å²) in [5.74, 6) is -0.379. The van der Waals surface area contributed by atoms with Crippen LogP contribution in [0.1, 0.15) is 47.1 Å². The first kappa shape index (κ1) is 20.3. The smallest absolute Gasteiger partial charge is 0.354 e. The second-order valence-corrected chi connectivity index (χ2v) is 8.35. The van der Waals surface area contributed by atoms with Crippen molar-refractivity contribution in [2.45, 2.75) is 44.9 Å². The number of pyridine rings is 1. The van der Waals surface area contributed by atoms with Gasteiger partial charge in [0.1, 0.15) is 23.1 Å². The van der Waals surface area contributed by atoms with Gasteiger partial charge in [-0.2, -0.15) is 0 Å². The fourth-order valence-corrected chi connectivity index (χ4v) is 4.03. The van der Waals surface area contributed by atoms with Gasteiger partial charge < -0.3 is 20.3 Å². The lowest BCUT2D eigenvalue weighted by molar-refractivity contribution is -0.0642. The zero-order valence-electron chi connectivity index (χ0n) is 17.3. The van der Waals surface area contributed by atoms with E-state index in [1.807, 2.05) is 51.1 Å². The number of rotatable bonds is 5. The highest BCUT2D eigenvalue weighted by atomic mass is 16.5. The molecule has 0 radical (unpaired) electrons. The molecule has 2 atom stereocenters. The lowest BCUT2D eigenvalue weighted by Crippen LogP contribution is -2.52. The minimum absolute atomic E-state index is 0.00569. The number of aromatic carboxylic acids is 1. The number of aromatic nitrogens is 1. The summed E-state index contributed by atoms with van der Waals surface area (Å²) >= 11 is 0. The van der Waals surface area contributed by atoms with E-state index in [0.29, 0.717) is 17.8 Å². The molecule has 1 aliphatic heterocycles. The second-order valence-electron chi connectivity index (χ2n) is 8.35. The molecule has 3 aromatic rings. The van der Waals surface area contributed by atoms with Gasteiger partial charge in [-0.1, -0.05) is 30.3 Å². The molecule has 156 valence electrons. The number of ether oxygens (including phenoxy) is 1. The predicted molar refractivity (Wildman–Crippen MR) is 115 cm³/mol. The van der Waals surface area contributed by atoms with Crippen molar-refractivity contribution in [3.63, 3.8) is 0 Å². The molecule has 1 aliphatic rings. The molecule has 0 aliphatic carbocycles. The topological polar surface area (TPSA) is 91.7 Å². The number of aliphatic hydroxyl groups excluding tert-OH is 1. The number of nitrogens with one attached hydrogen (secondary N) is 1. The van der Waals surface area contributed by atoms with Crippen LogP contribution in [0.4, 0.5) is 0 Å². The van der Waals surface area contributed by atoms with Gasteiger partial charge in [-0.3, -0.25) is 0 Å². The number of benzene rings is 2. The first-order valence-electron chi connectivity index (χ1n) is 10.1. The van der Waals surface area contributed by atoms with Crippen molar-refractivity contribution in [3.05, 3.63) is 70.9 Å². The fraction of sp³-hybridized carbons (Fsp3) is 0.333. The lowest BCUT2D eigenvalue weighted by atomic mass is 9.85. The molecule has 1 aromatic heterocycles. The van der Waals surface area contributed by atoms with Crippen LogP contribution < -0.4 is 10.1 Å². The van der Waals surface area contributed by atoms with E-state index >= 15 is 0 Å². The van der Waals surface area contributed by atoms with Crippen LogP contribution in [-0.2, 0) is 6.42 Å². The van der Waals surface area contributed by atoms with Crippen LogP contribution in [0.2, 0.25) is 0 Å². The summed E-state index contributed by atoms with van der Waals surface area (Å²) in [6.07, 6.45) is 0.0522. The molecule has 30 heavy (non-hydrogen) atoms. The van der Waals surface area contributed by atoms with Gasteiger partial charge >= 0.3 is 5.97 Å². The number of fused-ring (bicyclic) bond motifs is 2. The quantitative estimate of drug-likeness (QED) is 0.599. The molecule has 0 spiro atoms. The zero-order valence-corrected chi connectivity index (χ0v) is 17.3. The number of carboxylic acids is 1. The van der Waals surface area contributed by atoms with E-state index in [4.69, 9.17) is 4.74 Å². The normalized spacial score (nSPS) is 19.9. The van der Waals surface area contributed by atoms with E-state index in [1.54, 1.807) is 6.07 Å².